The van der Waals surface area contributed by atoms with Gasteiger partial charge < -0.3 is 19.5 Å². The van der Waals surface area contributed by atoms with Gasteiger partial charge in [-0.2, -0.15) is 0 Å². The predicted octanol–water partition coefficient (Wildman–Crippen LogP) is 3.22. The molecular formula is C20H23NO6S. The molecule has 0 saturated carbocycles. The van der Waals surface area contributed by atoms with Crippen molar-refractivity contribution < 1.29 is 28.6 Å². The van der Waals surface area contributed by atoms with E-state index in [0.717, 1.165) is 16.9 Å². The predicted molar refractivity (Wildman–Crippen MR) is 106 cm³/mol. The number of benzene rings is 1. The van der Waals surface area contributed by atoms with Crippen molar-refractivity contribution in [2.45, 2.75) is 26.7 Å². The van der Waals surface area contributed by atoms with Crippen molar-refractivity contribution in [3.8, 4) is 5.75 Å². The number of aryl methyl sites for hydroxylation is 1. The Balaban J connectivity index is 1.92. The molecule has 0 saturated heterocycles. The summed E-state index contributed by atoms with van der Waals surface area (Å²) in [6.07, 6.45) is 0.750. The molecule has 0 aliphatic carbocycles. The van der Waals surface area contributed by atoms with E-state index >= 15 is 0 Å². The van der Waals surface area contributed by atoms with Crippen LogP contribution >= 0.6 is 11.3 Å². The summed E-state index contributed by atoms with van der Waals surface area (Å²) in [6.45, 7) is 3.47. The Morgan fingerprint density at radius 2 is 1.89 bits per heavy atom. The van der Waals surface area contributed by atoms with E-state index in [1.807, 2.05) is 6.92 Å². The summed E-state index contributed by atoms with van der Waals surface area (Å²) in [5.41, 5.74) is 1.03. The van der Waals surface area contributed by atoms with E-state index in [0.29, 0.717) is 16.3 Å². The second-order valence-corrected chi connectivity index (χ2v) is 6.90. The molecule has 0 radical (unpaired) electrons. The highest BCUT2D eigenvalue weighted by molar-refractivity contribution is 7.16. The van der Waals surface area contributed by atoms with Crippen molar-refractivity contribution in [1.29, 1.82) is 0 Å². The molecule has 0 spiro atoms. The van der Waals surface area contributed by atoms with Crippen molar-refractivity contribution >= 4 is 34.2 Å². The average Bonchev–Trinajstić information content (AvgIpc) is 3.09. The molecule has 2 rings (SSSR count). The number of carbonyl (C=O) groups is 3. The van der Waals surface area contributed by atoms with Gasteiger partial charge in [-0.05, 0) is 37.1 Å². The molecule has 28 heavy (non-hydrogen) atoms. The minimum absolute atomic E-state index is 0.0253. The number of thiophene rings is 1. The molecule has 1 amide bonds. The van der Waals surface area contributed by atoms with Crippen molar-refractivity contribution in [3.63, 3.8) is 0 Å². The summed E-state index contributed by atoms with van der Waals surface area (Å²) in [5.74, 6) is -0.911. The fraction of sp³-hybridized carbons (Fsp3) is 0.350. The smallest absolute Gasteiger partial charge is 0.341 e. The second-order valence-electron chi connectivity index (χ2n) is 5.77. The van der Waals surface area contributed by atoms with Crippen LogP contribution in [0.5, 0.6) is 5.75 Å². The zero-order valence-electron chi connectivity index (χ0n) is 16.1. The normalized spacial score (nSPS) is 10.2. The first-order valence-electron chi connectivity index (χ1n) is 8.85. The van der Waals surface area contributed by atoms with Gasteiger partial charge in [0.2, 0.25) is 0 Å². The van der Waals surface area contributed by atoms with E-state index in [1.54, 1.807) is 44.4 Å². The van der Waals surface area contributed by atoms with Crippen molar-refractivity contribution in [2.24, 2.45) is 0 Å². The van der Waals surface area contributed by atoms with Gasteiger partial charge >= 0.3 is 11.9 Å². The number of hydrogen-bond donors (Lipinski definition) is 1. The van der Waals surface area contributed by atoms with Gasteiger partial charge in [-0.3, -0.25) is 9.59 Å². The number of esters is 2. The van der Waals surface area contributed by atoms with E-state index in [2.05, 4.69) is 5.32 Å². The summed E-state index contributed by atoms with van der Waals surface area (Å²) in [4.78, 5) is 37.1. The molecule has 1 heterocycles. The van der Waals surface area contributed by atoms with Gasteiger partial charge in [0.15, 0.2) is 6.61 Å². The first-order chi connectivity index (χ1) is 13.5. The molecule has 1 aromatic carbocycles. The first-order valence-corrected chi connectivity index (χ1v) is 9.66. The maximum atomic E-state index is 12.1. The number of hydrogen-bond acceptors (Lipinski definition) is 7. The van der Waals surface area contributed by atoms with Crippen LogP contribution in [0.1, 0.15) is 34.6 Å². The summed E-state index contributed by atoms with van der Waals surface area (Å²) in [6, 6.07) is 8.74. The maximum absolute atomic E-state index is 12.1. The molecular weight excluding hydrogens is 382 g/mol. The van der Waals surface area contributed by atoms with Crippen LogP contribution < -0.4 is 10.1 Å². The Morgan fingerprint density at radius 1 is 1.11 bits per heavy atom. The van der Waals surface area contributed by atoms with Gasteiger partial charge in [0.25, 0.3) is 5.91 Å². The average molecular weight is 405 g/mol. The van der Waals surface area contributed by atoms with Crippen LogP contribution in [0.3, 0.4) is 0 Å². The third-order valence-corrected chi connectivity index (χ3v) is 4.92. The van der Waals surface area contributed by atoms with Gasteiger partial charge in [0.1, 0.15) is 10.8 Å². The molecule has 1 aromatic heterocycles. The fourth-order valence-corrected chi connectivity index (χ4v) is 3.38. The molecule has 8 heteroatoms. The summed E-state index contributed by atoms with van der Waals surface area (Å²) < 4.78 is 15.2. The molecule has 1 N–H and O–H groups in total. The minimum Gasteiger partial charge on any atom is -0.497 e. The highest BCUT2D eigenvalue weighted by Gasteiger charge is 2.19. The topological polar surface area (TPSA) is 90.9 Å². The van der Waals surface area contributed by atoms with Gasteiger partial charge in [0.05, 0.1) is 25.7 Å². The zero-order chi connectivity index (χ0) is 20.5. The van der Waals surface area contributed by atoms with Gasteiger partial charge in [-0.1, -0.05) is 19.1 Å². The molecule has 0 bridgehead atoms. The quantitative estimate of drug-likeness (QED) is 0.644. The van der Waals surface area contributed by atoms with Crippen LogP contribution in [-0.2, 0) is 31.9 Å². The van der Waals surface area contributed by atoms with Gasteiger partial charge in [-0.25, -0.2) is 4.79 Å². The SMILES string of the molecule is CCOC(=O)c1cc(CC)sc1NC(=O)COC(=O)Cc1cccc(OC)c1. The van der Waals surface area contributed by atoms with Gasteiger partial charge in [0, 0.05) is 4.88 Å². The first kappa shape index (κ1) is 21.4. The second kappa shape index (κ2) is 10.5. The van der Waals surface area contributed by atoms with Crippen molar-refractivity contribution in [3.05, 3.63) is 46.3 Å². The highest BCUT2D eigenvalue weighted by Crippen LogP contribution is 2.29. The third-order valence-electron chi connectivity index (χ3n) is 3.73. The Morgan fingerprint density at radius 3 is 2.57 bits per heavy atom. The molecule has 150 valence electrons. The van der Waals surface area contributed by atoms with Crippen molar-refractivity contribution in [2.75, 3.05) is 25.6 Å². The molecule has 0 fully saturated rings. The highest BCUT2D eigenvalue weighted by atomic mass is 32.1. The van der Waals surface area contributed by atoms with Crippen LogP contribution in [0.15, 0.2) is 30.3 Å². The summed E-state index contributed by atoms with van der Waals surface area (Å²) in [7, 11) is 1.54. The minimum atomic E-state index is -0.533. The summed E-state index contributed by atoms with van der Waals surface area (Å²) >= 11 is 1.30. The van der Waals surface area contributed by atoms with E-state index < -0.39 is 24.5 Å². The Labute approximate surface area is 167 Å². The number of rotatable bonds is 9. The zero-order valence-corrected chi connectivity index (χ0v) is 16.9. The van der Waals surface area contributed by atoms with E-state index in [4.69, 9.17) is 14.2 Å². The molecule has 0 aliphatic rings. The molecule has 0 atom stereocenters. The Hall–Kier alpha value is -2.87. The lowest BCUT2D eigenvalue weighted by molar-refractivity contribution is -0.146. The standard InChI is InChI=1S/C20H23NO6S/c1-4-15-11-16(20(24)26-5-2)19(28-15)21-17(22)12-27-18(23)10-13-7-6-8-14(9-13)25-3/h6-9,11H,4-5,10,12H2,1-3H3,(H,21,22). The Kier molecular flexibility index (Phi) is 8.01. The molecule has 2 aromatic rings. The number of amides is 1. The monoisotopic (exact) mass is 405 g/mol. The number of anilines is 1. The molecule has 0 aliphatic heterocycles. The number of ether oxygens (including phenoxy) is 3. The van der Waals surface area contributed by atoms with E-state index in [1.165, 1.54) is 11.3 Å². The number of nitrogens with one attached hydrogen (secondary N) is 1. The van der Waals surface area contributed by atoms with Gasteiger partial charge in [-0.15, -0.1) is 11.3 Å². The fourth-order valence-electron chi connectivity index (χ4n) is 2.38. The van der Waals surface area contributed by atoms with Crippen LogP contribution in [0.4, 0.5) is 5.00 Å². The van der Waals surface area contributed by atoms with Crippen molar-refractivity contribution in [1.82, 2.24) is 0 Å². The maximum Gasteiger partial charge on any atom is 0.341 e. The third kappa shape index (κ3) is 6.09. The number of carbonyl (C=O) groups excluding carboxylic acids is 3. The summed E-state index contributed by atoms with van der Waals surface area (Å²) in [5, 5.41) is 3.02. The largest absolute Gasteiger partial charge is 0.497 e. The van der Waals surface area contributed by atoms with Crippen LogP contribution in [-0.4, -0.2) is 38.2 Å². The lowest BCUT2D eigenvalue weighted by atomic mass is 10.1. The molecule has 0 unspecified atom stereocenters. The lowest BCUT2D eigenvalue weighted by Gasteiger charge is -2.08. The van der Waals surface area contributed by atoms with Crippen LogP contribution in [0.2, 0.25) is 0 Å². The number of methoxy groups -OCH3 is 1. The van der Waals surface area contributed by atoms with E-state index in [-0.39, 0.29) is 13.0 Å². The lowest BCUT2D eigenvalue weighted by Crippen LogP contribution is -2.22. The van der Waals surface area contributed by atoms with Crippen LogP contribution in [0, 0.1) is 0 Å². The molecule has 7 nitrogen and oxygen atoms in total. The Bertz CT molecular complexity index is 845. The van der Waals surface area contributed by atoms with Crippen LogP contribution in [0.25, 0.3) is 0 Å². The van der Waals surface area contributed by atoms with E-state index in [9.17, 15) is 14.4 Å².